The summed E-state index contributed by atoms with van der Waals surface area (Å²) in [5, 5.41) is 0. The first-order valence-electron chi connectivity index (χ1n) is 8.83. The fourth-order valence-corrected chi connectivity index (χ4v) is 3.48. The maximum Gasteiger partial charge on any atom is 0.240 e. The number of hydrogen-bond acceptors (Lipinski definition) is 2. The molecule has 3 heteroatoms. The van der Waals surface area contributed by atoms with Gasteiger partial charge in [-0.05, 0) is 49.9 Å². The van der Waals surface area contributed by atoms with Gasteiger partial charge in [-0.1, -0.05) is 48.5 Å². The SMILES string of the molecule is CN(C(=O)CN1CCC[C@@H]1CCc1ccccc1)c1ccccc1. The maximum atomic E-state index is 12.6. The van der Waals surface area contributed by atoms with Gasteiger partial charge in [-0.3, -0.25) is 9.69 Å². The highest BCUT2D eigenvalue weighted by atomic mass is 16.2. The zero-order chi connectivity index (χ0) is 16.8. The van der Waals surface area contributed by atoms with Crippen LogP contribution < -0.4 is 4.90 Å². The number of rotatable bonds is 6. The molecule has 0 N–H and O–H groups in total. The molecule has 1 aliphatic heterocycles. The molecule has 0 aromatic heterocycles. The molecule has 0 radical (unpaired) electrons. The third kappa shape index (κ3) is 4.24. The van der Waals surface area contributed by atoms with E-state index in [0.717, 1.165) is 25.1 Å². The fraction of sp³-hybridized carbons (Fsp3) is 0.381. The lowest BCUT2D eigenvalue weighted by atomic mass is 10.0. The highest BCUT2D eigenvalue weighted by Gasteiger charge is 2.27. The minimum Gasteiger partial charge on any atom is -0.314 e. The number of hydrogen-bond donors (Lipinski definition) is 0. The van der Waals surface area contributed by atoms with Crippen molar-refractivity contribution >= 4 is 11.6 Å². The van der Waals surface area contributed by atoms with Gasteiger partial charge in [-0.2, -0.15) is 0 Å². The second-order valence-electron chi connectivity index (χ2n) is 6.58. The number of likely N-dealkylation sites (tertiary alicyclic amines) is 1. The number of likely N-dealkylation sites (N-methyl/N-ethyl adjacent to an activating group) is 1. The van der Waals surface area contributed by atoms with Gasteiger partial charge in [0.25, 0.3) is 0 Å². The molecule has 1 saturated heterocycles. The van der Waals surface area contributed by atoms with Crippen molar-refractivity contribution in [2.45, 2.75) is 31.7 Å². The van der Waals surface area contributed by atoms with Gasteiger partial charge in [0, 0.05) is 18.8 Å². The summed E-state index contributed by atoms with van der Waals surface area (Å²) in [5.41, 5.74) is 2.35. The monoisotopic (exact) mass is 322 g/mol. The third-order valence-corrected chi connectivity index (χ3v) is 4.96. The second-order valence-corrected chi connectivity index (χ2v) is 6.58. The molecule has 0 spiro atoms. The number of aryl methyl sites for hydroxylation is 1. The molecule has 3 nitrogen and oxygen atoms in total. The lowest BCUT2D eigenvalue weighted by molar-refractivity contribution is -0.119. The summed E-state index contributed by atoms with van der Waals surface area (Å²) < 4.78 is 0. The second kappa shape index (κ2) is 8.11. The van der Waals surface area contributed by atoms with E-state index in [4.69, 9.17) is 0 Å². The Morgan fingerprint density at radius 1 is 1.08 bits per heavy atom. The number of carbonyl (C=O) groups excluding carboxylic acids is 1. The summed E-state index contributed by atoms with van der Waals surface area (Å²) in [7, 11) is 1.87. The molecule has 0 aliphatic carbocycles. The summed E-state index contributed by atoms with van der Waals surface area (Å²) in [5.74, 6) is 0.174. The summed E-state index contributed by atoms with van der Waals surface area (Å²) in [6.07, 6.45) is 4.62. The average Bonchev–Trinajstić information content (AvgIpc) is 3.08. The highest BCUT2D eigenvalue weighted by molar-refractivity contribution is 5.94. The van der Waals surface area contributed by atoms with Crippen molar-refractivity contribution in [3.05, 3.63) is 66.2 Å². The number of anilines is 1. The Bertz CT molecular complexity index is 641. The summed E-state index contributed by atoms with van der Waals surface area (Å²) in [6.45, 7) is 1.55. The lowest BCUT2D eigenvalue weighted by Crippen LogP contribution is -2.40. The number of carbonyl (C=O) groups is 1. The Morgan fingerprint density at radius 3 is 2.46 bits per heavy atom. The Balaban J connectivity index is 1.54. The molecule has 1 fully saturated rings. The number of amides is 1. The van der Waals surface area contributed by atoms with Crippen LogP contribution in [0.4, 0.5) is 5.69 Å². The number of benzene rings is 2. The topological polar surface area (TPSA) is 23.6 Å². The Labute approximate surface area is 144 Å². The van der Waals surface area contributed by atoms with Gasteiger partial charge in [0.2, 0.25) is 5.91 Å². The molecule has 1 atom stereocenters. The van der Waals surface area contributed by atoms with Crippen LogP contribution in [0, 0.1) is 0 Å². The quantitative estimate of drug-likeness (QED) is 0.809. The summed E-state index contributed by atoms with van der Waals surface area (Å²) >= 11 is 0. The van der Waals surface area contributed by atoms with Crippen molar-refractivity contribution in [1.29, 1.82) is 0 Å². The first kappa shape index (κ1) is 16.7. The normalized spacial score (nSPS) is 17.8. The van der Waals surface area contributed by atoms with Crippen LogP contribution in [0.3, 0.4) is 0 Å². The molecular weight excluding hydrogens is 296 g/mol. The van der Waals surface area contributed by atoms with Crippen molar-refractivity contribution in [3.8, 4) is 0 Å². The minimum absolute atomic E-state index is 0.174. The molecule has 2 aromatic carbocycles. The van der Waals surface area contributed by atoms with Crippen LogP contribution in [0.5, 0.6) is 0 Å². The van der Waals surface area contributed by atoms with Gasteiger partial charge >= 0.3 is 0 Å². The molecule has 1 amide bonds. The van der Waals surface area contributed by atoms with Crippen LogP contribution in [0.25, 0.3) is 0 Å². The highest BCUT2D eigenvalue weighted by Crippen LogP contribution is 2.22. The molecule has 0 bridgehead atoms. The van der Waals surface area contributed by atoms with Crippen molar-refractivity contribution in [3.63, 3.8) is 0 Å². The smallest absolute Gasteiger partial charge is 0.240 e. The van der Waals surface area contributed by atoms with E-state index >= 15 is 0 Å². The Hall–Kier alpha value is -2.13. The van der Waals surface area contributed by atoms with E-state index in [-0.39, 0.29) is 5.91 Å². The van der Waals surface area contributed by atoms with Crippen LogP contribution >= 0.6 is 0 Å². The Morgan fingerprint density at radius 2 is 1.75 bits per heavy atom. The molecule has 1 aliphatic rings. The molecule has 0 unspecified atom stereocenters. The number of nitrogens with zero attached hydrogens (tertiary/aromatic N) is 2. The molecule has 126 valence electrons. The van der Waals surface area contributed by atoms with Crippen molar-refractivity contribution in [1.82, 2.24) is 4.90 Å². The van der Waals surface area contributed by atoms with Gasteiger partial charge in [0.1, 0.15) is 0 Å². The predicted molar refractivity (Wildman–Crippen MR) is 99.2 cm³/mol. The van der Waals surface area contributed by atoms with E-state index in [1.807, 2.05) is 37.4 Å². The van der Waals surface area contributed by atoms with Crippen molar-refractivity contribution in [2.75, 3.05) is 25.0 Å². The van der Waals surface area contributed by atoms with Gasteiger partial charge in [-0.25, -0.2) is 0 Å². The minimum atomic E-state index is 0.174. The zero-order valence-corrected chi connectivity index (χ0v) is 14.4. The zero-order valence-electron chi connectivity index (χ0n) is 14.4. The van der Waals surface area contributed by atoms with Gasteiger partial charge < -0.3 is 4.90 Å². The average molecular weight is 322 g/mol. The van der Waals surface area contributed by atoms with E-state index in [9.17, 15) is 4.79 Å². The van der Waals surface area contributed by atoms with Gasteiger partial charge in [0.05, 0.1) is 6.54 Å². The van der Waals surface area contributed by atoms with E-state index in [0.29, 0.717) is 12.6 Å². The van der Waals surface area contributed by atoms with Crippen LogP contribution in [0.1, 0.15) is 24.8 Å². The van der Waals surface area contributed by atoms with Crippen LogP contribution in [0.15, 0.2) is 60.7 Å². The van der Waals surface area contributed by atoms with Gasteiger partial charge in [0.15, 0.2) is 0 Å². The molecule has 24 heavy (non-hydrogen) atoms. The Kier molecular flexibility index (Phi) is 5.65. The van der Waals surface area contributed by atoms with Gasteiger partial charge in [-0.15, -0.1) is 0 Å². The maximum absolute atomic E-state index is 12.6. The van der Waals surface area contributed by atoms with Crippen LogP contribution in [0.2, 0.25) is 0 Å². The van der Waals surface area contributed by atoms with E-state index in [1.54, 1.807) is 4.90 Å². The third-order valence-electron chi connectivity index (χ3n) is 4.96. The molecule has 2 aromatic rings. The van der Waals surface area contributed by atoms with E-state index in [2.05, 4.69) is 35.2 Å². The molecule has 1 heterocycles. The first-order valence-corrected chi connectivity index (χ1v) is 8.83. The summed E-state index contributed by atoms with van der Waals surface area (Å²) in [4.78, 5) is 16.7. The molecule has 0 saturated carbocycles. The summed E-state index contributed by atoms with van der Waals surface area (Å²) in [6, 6.07) is 21.0. The first-order chi connectivity index (χ1) is 11.7. The number of para-hydroxylation sites is 1. The van der Waals surface area contributed by atoms with Crippen LogP contribution in [-0.4, -0.2) is 37.0 Å². The molecular formula is C21H26N2O. The fourth-order valence-electron chi connectivity index (χ4n) is 3.48. The van der Waals surface area contributed by atoms with E-state index < -0.39 is 0 Å². The van der Waals surface area contributed by atoms with Crippen molar-refractivity contribution in [2.24, 2.45) is 0 Å². The largest absolute Gasteiger partial charge is 0.314 e. The standard InChI is InChI=1S/C21H26N2O/c1-22(19-11-6-3-7-12-19)21(24)17-23-16-8-13-20(23)15-14-18-9-4-2-5-10-18/h2-7,9-12,20H,8,13-17H2,1H3/t20-/m1/s1. The van der Waals surface area contributed by atoms with E-state index in [1.165, 1.54) is 18.4 Å². The molecule has 3 rings (SSSR count). The van der Waals surface area contributed by atoms with Crippen molar-refractivity contribution < 1.29 is 4.79 Å². The lowest BCUT2D eigenvalue weighted by Gasteiger charge is -2.26. The van der Waals surface area contributed by atoms with Crippen LogP contribution in [-0.2, 0) is 11.2 Å². The predicted octanol–water partition coefficient (Wildman–Crippen LogP) is 3.75.